The zero-order chi connectivity index (χ0) is 15.0. The predicted molar refractivity (Wildman–Crippen MR) is 65.7 cm³/mol. The molecule has 0 unspecified atom stereocenters. The number of nitrogens with one attached hydrogen (secondary N) is 1. The van der Waals surface area contributed by atoms with E-state index >= 15 is 0 Å². The van der Waals surface area contributed by atoms with E-state index in [1.54, 1.807) is 0 Å². The molecule has 4 nitrogen and oxygen atoms in total. The summed E-state index contributed by atoms with van der Waals surface area (Å²) in [6.07, 6.45) is -1.64. The standard InChI is InChI=1S/C12H14F3NO3S/c13-12(14,15)10-7-9(5-6-11(10)17)20(18,19)16-8-3-1-2-4-8/h5-8,16-17H,1-4H2. The summed E-state index contributed by atoms with van der Waals surface area (Å²) in [6, 6.07) is 1.92. The summed E-state index contributed by atoms with van der Waals surface area (Å²) in [4.78, 5) is -0.491. The summed E-state index contributed by atoms with van der Waals surface area (Å²) in [5, 5.41) is 9.19. The molecule has 0 aromatic heterocycles. The van der Waals surface area contributed by atoms with Crippen molar-refractivity contribution >= 4 is 10.0 Å². The third kappa shape index (κ3) is 3.24. The van der Waals surface area contributed by atoms with Gasteiger partial charge in [-0.1, -0.05) is 12.8 Å². The highest BCUT2D eigenvalue weighted by atomic mass is 32.2. The molecule has 0 atom stereocenters. The Morgan fingerprint density at radius 1 is 1.20 bits per heavy atom. The number of aromatic hydroxyl groups is 1. The highest BCUT2D eigenvalue weighted by Gasteiger charge is 2.35. The van der Waals surface area contributed by atoms with E-state index < -0.39 is 32.4 Å². The topological polar surface area (TPSA) is 66.4 Å². The molecule has 2 rings (SSSR count). The first kappa shape index (κ1) is 15.1. The van der Waals surface area contributed by atoms with Gasteiger partial charge in [0.25, 0.3) is 0 Å². The second kappa shape index (κ2) is 5.25. The molecule has 0 amide bonds. The average Bonchev–Trinajstić information content (AvgIpc) is 2.79. The summed E-state index contributed by atoms with van der Waals surface area (Å²) in [5.41, 5.74) is -1.35. The molecule has 0 heterocycles. The Kier molecular flexibility index (Phi) is 3.97. The Labute approximate surface area is 114 Å². The van der Waals surface area contributed by atoms with Crippen LogP contribution in [0.4, 0.5) is 13.2 Å². The summed E-state index contributed by atoms with van der Waals surface area (Å²) < 4.78 is 64.4. The van der Waals surface area contributed by atoms with Crippen LogP contribution in [0, 0.1) is 0 Å². The lowest BCUT2D eigenvalue weighted by Crippen LogP contribution is -2.32. The van der Waals surface area contributed by atoms with Crippen molar-refractivity contribution in [1.29, 1.82) is 0 Å². The molecule has 1 aromatic carbocycles. The smallest absolute Gasteiger partial charge is 0.419 e. The van der Waals surface area contributed by atoms with Gasteiger partial charge in [0, 0.05) is 6.04 Å². The van der Waals surface area contributed by atoms with Crippen LogP contribution in [0.25, 0.3) is 0 Å². The maximum atomic E-state index is 12.6. The Morgan fingerprint density at radius 3 is 2.35 bits per heavy atom. The van der Waals surface area contributed by atoms with Gasteiger partial charge >= 0.3 is 6.18 Å². The zero-order valence-corrected chi connectivity index (χ0v) is 11.3. The molecule has 0 aliphatic heterocycles. The number of hydrogen-bond acceptors (Lipinski definition) is 3. The van der Waals surface area contributed by atoms with Gasteiger partial charge in [-0.05, 0) is 31.0 Å². The van der Waals surface area contributed by atoms with E-state index in [0.717, 1.165) is 25.0 Å². The van der Waals surface area contributed by atoms with Gasteiger partial charge in [0.1, 0.15) is 5.75 Å². The number of sulfonamides is 1. The van der Waals surface area contributed by atoms with Crippen molar-refractivity contribution in [3.63, 3.8) is 0 Å². The Hall–Kier alpha value is -1.28. The monoisotopic (exact) mass is 309 g/mol. The molecule has 1 fully saturated rings. The number of hydrogen-bond donors (Lipinski definition) is 2. The fraction of sp³-hybridized carbons (Fsp3) is 0.500. The maximum absolute atomic E-state index is 12.6. The molecule has 1 aliphatic carbocycles. The van der Waals surface area contributed by atoms with Crippen LogP contribution in [-0.2, 0) is 16.2 Å². The lowest BCUT2D eigenvalue weighted by atomic mass is 10.2. The van der Waals surface area contributed by atoms with Gasteiger partial charge in [0.2, 0.25) is 10.0 Å². The fourth-order valence-corrected chi connectivity index (χ4v) is 3.57. The summed E-state index contributed by atoms with van der Waals surface area (Å²) >= 11 is 0. The van der Waals surface area contributed by atoms with Crippen LogP contribution < -0.4 is 4.72 Å². The first-order valence-electron chi connectivity index (χ1n) is 6.13. The van der Waals surface area contributed by atoms with E-state index in [1.165, 1.54) is 0 Å². The van der Waals surface area contributed by atoms with Gasteiger partial charge in [-0.25, -0.2) is 13.1 Å². The molecule has 1 aromatic rings. The summed E-state index contributed by atoms with van der Waals surface area (Å²) in [6.45, 7) is 0. The Morgan fingerprint density at radius 2 is 1.80 bits per heavy atom. The average molecular weight is 309 g/mol. The maximum Gasteiger partial charge on any atom is 0.419 e. The van der Waals surface area contributed by atoms with Crippen molar-refractivity contribution < 1.29 is 26.7 Å². The summed E-state index contributed by atoms with van der Waals surface area (Å²) in [5.74, 6) is -0.989. The van der Waals surface area contributed by atoms with E-state index in [-0.39, 0.29) is 6.04 Å². The molecule has 0 spiro atoms. The minimum Gasteiger partial charge on any atom is -0.507 e. The van der Waals surface area contributed by atoms with Crippen molar-refractivity contribution in [3.05, 3.63) is 23.8 Å². The van der Waals surface area contributed by atoms with E-state index in [2.05, 4.69) is 4.72 Å². The van der Waals surface area contributed by atoms with Crippen LogP contribution in [0.3, 0.4) is 0 Å². The van der Waals surface area contributed by atoms with Crippen molar-refractivity contribution in [2.75, 3.05) is 0 Å². The van der Waals surface area contributed by atoms with Crippen LogP contribution >= 0.6 is 0 Å². The molecule has 1 saturated carbocycles. The van der Waals surface area contributed by atoms with Crippen LogP contribution in [0.5, 0.6) is 5.75 Å². The molecule has 8 heteroatoms. The highest BCUT2D eigenvalue weighted by molar-refractivity contribution is 7.89. The first-order chi connectivity index (χ1) is 9.20. The van der Waals surface area contributed by atoms with Gasteiger partial charge in [0.15, 0.2) is 0 Å². The quantitative estimate of drug-likeness (QED) is 0.902. The lowest BCUT2D eigenvalue weighted by Gasteiger charge is -2.14. The minimum absolute atomic E-state index is 0.233. The van der Waals surface area contributed by atoms with Crippen LogP contribution in [0.15, 0.2) is 23.1 Å². The molecule has 112 valence electrons. The third-order valence-electron chi connectivity index (χ3n) is 3.26. The molecule has 0 bridgehead atoms. The van der Waals surface area contributed by atoms with Gasteiger partial charge in [-0.15, -0.1) is 0 Å². The molecular formula is C12H14F3NO3S. The number of halogens is 3. The molecule has 1 aliphatic rings. The summed E-state index contributed by atoms with van der Waals surface area (Å²) in [7, 11) is -4.00. The van der Waals surface area contributed by atoms with Crippen molar-refractivity contribution in [3.8, 4) is 5.75 Å². The van der Waals surface area contributed by atoms with Crippen LogP contribution in [0.2, 0.25) is 0 Å². The molecule has 0 saturated heterocycles. The second-order valence-electron chi connectivity index (χ2n) is 4.78. The second-order valence-corrected chi connectivity index (χ2v) is 6.49. The van der Waals surface area contributed by atoms with Gasteiger partial charge in [-0.2, -0.15) is 13.2 Å². The van der Waals surface area contributed by atoms with E-state index in [9.17, 15) is 26.7 Å². The number of rotatable bonds is 3. The molecule has 0 radical (unpaired) electrons. The number of phenols is 1. The van der Waals surface area contributed by atoms with Gasteiger partial charge in [-0.3, -0.25) is 0 Å². The van der Waals surface area contributed by atoms with Crippen molar-refractivity contribution in [1.82, 2.24) is 4.72 Å². The van der Waals surface area contributed by atoms with Crippen LogP contribution in [-0.4, -0.2) is 19.6 Å². The lowest BCUT2D eigenvalue weighted by molar-refractivity contribution is -0.138. The molecule has 20 heavy (non-hydrogen) atoms. The Balaban J connectivity index is 2.32. The van der Waals surface area contributed by atoms with Crippen LogP contribution in [0.1, 0.15) is 31.2 Å². The highest BCUT2D eigenvalue weighted by Crippen LogP contribution is 2.37. The van der Waals surface area contributed by atoms with Crippen molar-refractivity contribution in [2.24, 2.45) is 0 Å². The predicted octanol–water partition coefficient (Wildman–Crippen LogP) is 2.63. The zero-order valence-electron chi connectivity index (χ0n) is 10.4. The number of alkyl halides is 3. The van der Waals surface area contributed by atoms with E-state index in [4.69, 9.17) is 0 Å². The minimum atomic E-state index is -4.80. The van der Waals surface area contributed by atoms with Gasteiger partial charge < -0.3 is 5.11 Å². The molecule has 2 N–H and O–H groups in total. The fourth-order valence-electron chi connectivity index (χ4n) is 2.24. The normalized spacial score (nSPS) is 17.6. The number of benzene rings is 1. The number of phenolic OH excluding ortho intramolecular Hbond substituents is 1. The Bertz CT molecular complexity index is 592. The van der Waals surface area contributed by atoms with Crippen molar-refractivity contribution in [2.45, 2.75) is 42.8 Å². The first-order valence-corrected chi connectivity index (χ1v) is 7.61. The largest absolute Gasteiger partial charge is 0.507 e. The van der Waals surface area contributed by atoms with E-state index in [0.29, 0.717) is 18.9 Å². The van der Waals surface area contributed by atoms with E-state index in [1.807, 2.05) is 0 Å². The third-order valence-corrected chi connectivity index (χ3v) is 4.78. The molecular weight excluding hydrogens is 295 g/mol. The SMILES string of the molecule is O=S(=O)(NC1CCCC1)c1ccc(O)c(C(F)(F)F)c1. The van der Waals surface area contributed by atoms with Gasteiger partial charge in [0.05, 0.1) is 10.5 Å².